The molecule has 206 valence electrons. The van der Waals surface area contributed by atoms with Crippen LogP contribution in [0.1, 0.15) is 18.1 Å². The van der Waals surface area contributed by atoms with Crippen LogP contribution in [0.25, 0.3) is 0 Å². The van der Waals surface area contributed by atoms with Crippen LogP contribution in [0.2, 0.25) is 0 Å². The van der Waals surface area contributed by atoms with Gasteiger partial charge in [-0.25, -0.2) is 0 Å². The van der Waals surface area contributed by atoms with Gasteiger partial charge in [-0.2, -0.15) is 30.7 Å². The highest BCUT2D eigenvalue weighted by Crippen LogP contribution is 2.47. The van der Waals surface area contributed by atoms with E-state index in [0.717, 1.165) is 0 Å². The maximum atomic E-state index is 14.4. The van der Waals surface area contributed by atoms with Crippen LogP contribution in [0.15, 0.2) is 41.3 Å². The predicted molar refractivity (Wildman–Crippen MR) is 124 cm³/mol. The monoisotopic (exact) mass is 557 g/mol. The number of carbonyl (C=O) groups is 1. The van der Waals surface area contributed by atoms with E-state index < -0.39 is 37.0 Å². The lowest BCUT2D eigenvalue weighted by molar-refractivity contribution is -0.346. The summed E-state index contributed by atoms with van der Waals surface area (Å²) in [5, 5.41) is 0. The molecule has 2 rings (SSSR count). The molecule has 0 atom stereocenters. The van der Waals surface area contributed by atoms with Crippen LogP contribution in [0.4, 0.5) is 30.7 Å². The van der Waals surface area contributed by atoms with Crippen molar-refractivity contribution >= 4 is 17.7 Å². The summed E-state index contributed by atoms with van der Waals surface area (Å²) in [4.78, 5) is 13.5. The highest BCUT2D eigenvalue weighted by atomic mass is 32.2. The Labute approximate surface area is 213 Å². The van der Waals surface area contributed by atoms with Crippen LogP contribution in [0, 0.1) is 0 Å². The smallest absolute Gasteiger partial charge is 0.460 e. The minimum atomic E-state index is -6.64. The van der Waals surface area contributed by atoms with Crippen LogP contribution in [0.3, 0.4) is 0 Å². The summed E-state index contributed by atoms with van der Waals surface area (Å²) in [6.07, 6.45) is -6.84. The van der Waals surface area contributed by atoms with E-state index in [1.165, 1.54) is 63.4 Å². The zero-order valence-corrected chi connectivity index (χ0v) is 21.2. The summed E-state index contributed by atoms with van der Waals surface area (Å²) in [7, 11) is 4.13. The van der Waals surface area contributed by atoms with E-state index in [-0.39, 0.29) is 16.9 Å². The molecule has 0 saturated carbocycles. The average molecular weight is 558 g/mol. The first-order valence-corrected chi connectivity index (χ1v) is 11.8. The van der Waals surface area contributed by atoms with Gasteiger partial charge in [-0.15, -0.1) is 11.8 Å². The molecule has 0 unspecified atom stereocenters. The molecule has 2 aromatic carbocycles. The minimum absolute atomic E-state index is 0.202. The molecule has 13 heteroatoms. The molecule has 0 aromatic heterocycles. The van der Waals surface area contributed by atoms with Crippen LogP contribution in [-0.2, 0) is 17.8 Å². The molecule has 2 aromatic rings. The fourth-order valence-electron chi connectivity index (χ4n) is 3.37. The second-order valence-corrected chi connectivity index (χ2v) is 9.03. The van der Waals surface area contributed by atoms with Crippen molar-refractivity contribution in [1.29, 1.82) is 0 Å². The summed E-state index contributed by atoms with van der Waals surface area (Å²) < 4.78 is 110. The molecule has 0 radical (unpaired) electrons. The van der Waals surface area contributed by atoms with Crippen molar-refractivity contribution in [1.82, 2.24) is 4.90 Å². The van der Waals surface area contributed by atoms with E-state index in [4.69, 9.17) is 14.2 Å². The number of nitrogens with zero attached hydrogens (tertiary/aromatic N) is 1. The van der Waals surface area contributed by atoms with E-state index >= 15 is 0 Å². The fraction of sp³-hybridized carbons (Fsp3) is 0.458. The van der Waals surface area contributed by atoms with Gasteiger partial charge in [0, 0.05) is 13.1 Å². The van der Waals surface area contributed by atoms with Gasteiger partial charge in [0.1, 0.15) is 17.2 Å². The zero-order chi connectivity index (χ0) is 28.0. The van der Waals surface area contributed by atoms with Crippen molar-refractivity contribution in [2.45, 2.75) is 42.8 Å². The van der Waals surface area contributed by atoms with E-state index in [1.54, 1.807) is 6.07 Å². The lowest BCUT2D eigenvalue weighted by Gasteiger charge is -2.32. The zero-order valence-electron chi connectivity index (χ0n) is 20.4. The van der Waals surface area contributed by atoms with E-state index in [1.807, 2.05) is 6.92 Å². The Morgan fingerprint density at radius 1 is 0.892 bits per heavy atom. The van der Waals surface area contributed by atoms with E-state index in [9.17, 15) is 35.5 Å². The van der Waals surface area contributed by atoms with E-state index in [0.29, 0.717) is 33.5 Å². The molecule has 0 bridgehead atoms. The Balaban J connectivity index is 2.45. The number of rotatable bonds is 12. The van der Waals surface area contributed by atoms with Crippen molar-refractivity contribution < 1.29 is 49.7 Å². The standard InChI is InChI=1S/C24H26F7NO4S/c1-5-37-20-13-18(35-3)16(12-19(20)36-4)10-11-32(14-15-6-8-17(34-2)9-7-15)21(33)22(25,26)23(27,28)24(29,30)31/h6-9,12-13H,5,10-11,14H2,1-4H3. The maximum absolute atomic E-state index is 14.4. The van der Waals surface area contributed by atoms with Crippen LogP contribution >= 0.6 is 11.8 Å². The number of hydrogen-bond acceptors (Lipinski definition) is 5. The predicted octanol–water partition coefficient (Wildman–Crippen LogP) is 6.23. The maximum Gasteiger partial charge on any atom is 0.460 e. The Morgan fingerprint density at radius 2 is 1.49 bits per heavy atom. The topological polar surface area (TPSA) is 48.0 Å². The van der Waals surface area contributed by atoms with Crippen molar-refractivity contribution in [2.75, 3.05) is 33.6 Å². The Morgan fingerprint density at radius 3 is 1.97 bits per heavy atom. The first-order valence-electron chi connectivity index (χ1n) is 10.9. The molecule has 5 nitrogen and oxygen atoms in total. The van der Waals surface area contributed by atoms with Crippen LogP contribution in [-0.4, -0.2) is 62.5 Å². The Kier molecular flexibility index (Phi) is 9.97. The Bertz CT molecular complexity index is 1060. The molecule has 0 heterocycles. The van der Waals surface area contributed by atoms with Gasteiger partial charge in [0.15, 0.2) is 0 Å². The highest BCUT2D eigenvalue weighted by molar-refractivity contribution is 7.99. The van der Waals surface area contributed by atoms with Crippen LogP contribution < -0.4 is 14.2 Å². The van der Waals surface area contributed by atoms with Crippen molar-refractivity contribution in [2.24, 2.45) is 0 Å². The molecule has 37 heavy (non-hydrogen) atoms. The third-order valence-corrected chi connectivity index (χ3v) is 6.27. The molecule has 0 saturated heterocycles. The van der Waals surface area contributed by atoms with Crippen molar-refractivity contribution in [3.63, 3.8) is 0 Å². The van der Waals surface area contributed by atoms with Gasteiger partial charge in [0.05, 0.1) is 26.2 Å². The number of thioether (sulfide) groups is 1. The van der Waals surface area contributed by atoms with Crippen molar-refractivity contribution in [3.05, 3.63) is 47.5 Å². The molecule has 0 fully saturated rings. The van der Waals surface area contributed by atoms with E-state index in [2.05, 4.69) is 0 Å². The van der Waals surface area contributed by atoms with Gasteiger partial charge in [-0.05, 0) is 47.6 Å². The lowest BCUT2D eigenvalue weighted by Crippen LogP contribution is -2.60. The summed E-state index contributed by atoms with van der Waals surface area (Å²) >= 11 is 1.44. The molecular formula is C24H26F7NO4S. The summed E-state index contributed by atoms with van der Waals surface area (Å²) in [6, 6.07) is 8.77. The molecule has 0 aliphatic heterocycles. The largest absolute Gasteiger partial charge is 0.497 e. The summed E-state index contributed by atoms with van der Waals surface area (Å²) in [6.45, 7) is 0.633. The van der Waals surface area contributed by atoms with Gasteiger partial charge in [0.25, 0.3) is 5.91 Å². The third-order valence-electron chi connectivity index (χ3n) is 5.36. The van der Waals surface area contributed by atoms with Gasteiger partial charge >= 0.3 is 18.0 Å². The normalized spacial score (nSPS) is 12.3. The Hall–Kier alpha value is -2.83. The minimum Gasteiger partial charge on any atom is -0.497 e. The number of carbonyl (C=O) groups excluding carboxylic acids is 1. The van der Waals surface area contributed by atoms with Gasteiger partial charge in [-0.3, -0.25) is 4.79 Å². The molecule has 0 spiro atoms. The number of halogens is 7. The second-order valence-electron chi connectivity index (χ2n) is 7.72. The average Bonchev–Trinajstić information content (AvgIpc) is 2.85. The molecule has 0 N–H and O–H groups in total. The first-order chi connectivity index (χ1) is 17.2. The fourth-order valence-corrected chi connectivity index (χ4v) is 4.15. The number of ether oxygens (including phenoxy) is 3. The third kappa shape index (κ3) is 6.74. The lowest BCUT2D eigenvalue weighted by atomic mass is 10.1. The molecular weight excluding hydrogens is 531 g/mol. The molecule has 0 aliphatic carbocycles. The van der Waals surface area contributed by atoms with Crippen LogP contribution in [0.5, 0.6) is 17.2 Å². The first kappa shape index (κ1) is 30.4. The number of benzene rings is 2. The molecule has 0 aliphatic rings. The number of amides is 1. The second kappa shape index (κ2) is 12.1. The quantitative estimate of drug-likeness (QED) is 0.229. The number of hydrogen-bond donors (Lipinski definition) is 0. The summed E-state index contributed by atoms with van der Waals surface area (Å²) in [5.41, 5.74) is 0.581. The van der Waals surface area contributed by atoms with Gasteiger partial charge < -0.3 is 19.1 Å². The molecule has 1 amide bonds. The number of methoxy groups -OCH3 is 3. The van der Waals surface area contributed by atoms with Crippen molar-refractivity contribution in [3.8, 4) is 17.2 Å². The van der Waals surface area contributed by atoms with Gasteiger partial charge in [-0.1, -0.05) is 19.1 Å². The highest BCUT2D eigenvalue weighted by Gasteiger charge is 2.76. The SMILES string of the molecule is CCSc1cc(OC)c(CCN(Cc2ccc(OC)cc2)C(=O)C(F)(F)C(F)(F)C(F)(F)F)cc1OC. The summed E-state index contributed by atoms with van der Waals surface area (Å²) in [5.74, 6) is -13.5. The van der Waals surface area contributed by atoms with Gasteiger partial charge in [0.2, 0.25) is 0 Å². The number of alkyl halides is 7.